The fraction of sp³-hybridized carbons (Fsp3) is 0.211. The van der Waals surface area contributed by atoms with Gasteiger partial charge in [0.05, 0.1) is 12.1 Å². The normalized spacial score (nSPS) is 16.0. The van der Waals surface area contributed by atoms with Crippen molar-refractivity contribution in [2.24, 2.45) is 0 Å². The van der Waals surface area contributed by atoms with Crippen LogP contribution < -0.4 is 10.2 Å². The maximum atomic E-state index is 11.3. The van der Waals surface area contributed by atoms with Gasteiger partial charge in [-0.15, -0.1) is 0 Å². The minimum absolute atomic E-state index is 0.255. The minimum Gasteiger partial charge on any atom is -0.478 e. The van der Waals surface area contributed by atoms with Crippen LogP contribution in [0.15, 0.2) is 48.9 Å². The summed E-state index contributed by atoms with van der Waals surface area (Å²) in [6, 6.07) is 8.92. The molecule has 5 rings (SSSR count). The van der Waals surface area contributed by atoms with E-state index in [2.05, 4.69) is 20.5 Å². The molecule has 1 saturated carbocycles. The number of hydrogen-bond acceptors (Lipinski definition) is 5. The van der Waals surface area contributed by atoms with Crippen LogP contribution in [0.2, 0.25) is 0 Å². The highest BCUT2D eigenvalue weighted by Crippen LogP contribution is 2.39. The number of carbonyl (C=O) groups is 1. The number of fused-ring (bicyclic) bond motifs is 1. The number of aromatic carboxylic acids is 1. The molecule has 3 N–H and O–H groups in total. The Morgan fingerprint density at radius 2 is 2.19 bits per heavy atom. The molecular formula is C19H18N6O2. The van der Waals surface area contributed by atoms with Crippen molar-refractivity contribution in [1.82, 2.24) is 19.7 Å². The monoisotopic (exact) mass is 362 g/mol. The Morgan fingerprint density at radius 1 is 1.30 bits per heavy atom. The molecule has 8 heteroatoms. The summed E-state index contributed by atoms with van der Waals surface area (Å²) in [6.45, 7) is 0.551. The van der Waals surface area contributed by atoms with Gasteiger partial charge in [-0.1, -0.05) is 6.07 Å². The van der Waals surface area contributed by atoms with Gasteiger partial charge in [-0.3, -0.25) is 9.67 Å². The van der Waals surface area contributed by atoms with Crippen molar-refractivity contribution < 1.29 is 9.90 Å². The van der Waals surface area contributed by atoms with E-state index in [0.717, 1.165) is 28.8 Å². The third kappa shape index (κ3) is 2.95. The molecule has 8 nitrogen and oxygen atoms in total. The highest BCUT2D eigenvalue weighted by atomic mass is 16.4. The Bertz CT molecular complexity index is 1050. The third-order valence-electron chi connectivity index (χ3n) is 4.86. The summed E-state index contributed by atoms with van der Waals surface area (Å²) in [7, 11) is 0. The molecule has 1 aromatic carbocycles. The van der Waals surface area contributed by atoms with Crippen LogP contribution in [0.5, 0.6) is 0 Å². The van der Waals surface area contributed by atoms with Gasteiger partial charge in [-0.2, -0.15) is 5.10 Å². The Morgan fingerprint density at radius 3 is 3.00 bits per heavy atom. The standard InChI is InChI=1S/C19H18N6O2/c26-19(27)13-2-1-3-14(8-13)24-10-17-20-6-7-25(17)18(11-24)21-16-9-15(22-23-16)12-4-5-12/h1-3,6-9,11-12H,4-5,10H2,(H,26,27)(H2,21,22,23). The summed E-state index contributed by atoms with van der Waals surface area (Å²) < 4.78 is 1.98. The van der Waals surface area contributed by atoms with Crippen molar-refractivity contribution >= 4 is 23.3 Å². The lowest BCUT2D eigenvalue weighted by atomic mass is 10.2. The second-order valence-corrected chi connectivity index (χ2v) is 6.82. The number of nitrogens with zero attached hydrogens (tertiary/aromatic N) is 4. The van der Waals surface area contributed by atoms with Crippen molar-refractivity contribution in [1.29, 1.82) is 0 Å². The van der Waals surface area contributed by atoms with E-state index in [-0.39, 0.29) is 5.56 Å². The largest absolute Gasteiger partial charge is 0.478 e. The molecule has 0 unspecified atom stereocenters. The van der Waals surface area contributed by atoms with Gasteiger partial charge in [-0.05, 0) is 31.0 Å². The van der Waals surface area contributed by atoms with E-state index in [4.69, 9.17) is 0 Å². The Kier molecular flexibility index (Phi) is 3.49. The fourth-order valence-corrected chi connectivity index (χ4v) is 3.29. The van der Waals surface area contributed by atoms with Crippen LogP contribution >= 0.6 is 0 Å². The van der Waals surface area contributed by atoms with E-state index in [1.807, 2.05) is 34.0 Å². The molecule has 0 atom stereocenters. The van der Waals surface area contributed by atoms with E-state index >= 15 is 0 Å². The molecule has 136 valence electrons. The first-order valence-corrected chi connectivity index (χ1v) is 8.84. The number of aromatic nitrogens is 4. The van der Waals surface area contributed by atoms with Crippen LogP contribution in [0.25, 0.3) is 5.82 Å². The zero-order chi connectivity index (χ0) is 18.4. The van der Waals surface area contributed by atoms with Crippen LogP contribution in [-0.4, -0.2) is 30.8 Å². The topological polar surface area (TPSA) is 99.1 Å². The summed E-state index contributed by atoms with van der Waals surface area (Å²) in [5.41, 5.74) is 2.21. The average Bonchev–Trinajstić information content (AvgIpc) is 3.23. The number of anilines is 2. The average molecular weight is 362 g/mol. The maximum Gasteiger partial charge on any atom is 0.335 e. The Labute approximate surface area is 155 Å². The molecule has 27 heavy (non-hydrogen) atoms. The maximum absolute atomic E-state index is 11.3. The van der Waals surface area contributed by atoms with Crippen molar-refractivity contribution in [3.8, 4) is 0 Å². The lowest BCUT2D eigenvalue weighted by molar-refractivity contribution is 0.0697. The summed E-state index contributed by atoms with van der Waals surface area (Å²) >= 11 is 0. The number of nitrogens with one attached hydrogen (secondary N) is 2. The van der Waals surface area contributed by atoms with Gasteiger partial charge in [-0.25, -0.2) is 9.78 Å². The highest BCUT2D eigenvalue weighted by molar-refractivity contribution is 5.89. The van der Waals surface area contributed by atoms with Crippen molar-refractivity contribution in [3.05, 3.63) is 66.0 Å². The first-order chi connectivity index (χ1) is 13.2. The molecule has 3 aromatic rings. The fourth-order valence-electron chi connectivity index (χ4n) is 3.29. The van der Waals surface area contributed by atoms with Gasteiger partial charge in [0.25, 0.3) is 0 Å². The number of imidazole rings is 1. The lowest BCUT2D eigenvalue weighted by Crippen LogP contribution is -2.27. The number of rotatable bonds is 5. The predicted molar refractivity (Wildman–Crippen MR) is 100 cm³/mol. The molecule has 1 aliphatic carbocycles. The van der Waals surface area contributed by atoms with Gasteiger partial charge >= 0.3 is 5.97 Å². The molecule has 1 aliphatic heterocycles. The molecule has 0 amide bonds. The molecule has 1 fully saturated rings. The van der Waals surface area contributed by atoms with Crippen molar-refractivity contribution in [2.75, 3.05) is 10.2 Å². The van der Waals surface area contributed by atoms with Crippen LogP contribution in [0.1, 0.15) is 40.6 Å². The Hall–Kier alpha value is -3.55. The van der Waals surface area contributed by atoms with Gasteiger partial charge in [0.2, 0.25) is 0 Å². The van der Waals surface area contributed by atoms with E-state index < -0.39 is 5.97 Å². The van der Waals surface area contributed by atoms with Gasteiger partial charge in [0.1, 0.15) is 11.6 Å². The second kappa shape index (κ2) is 6.01. The minimum atomic E-state index is -0.943. The number of benzene rings is 1. The summed E-state index contributed by atoms with van der Waals surface area (Å²) in [6.07, 6.45) is 8.02. The van der Waals surface area contributed by atoms with Gasteiger partial charge in [0.15, 0.2) is 5.82 Å². The molecule has 3 heterocycles. The summed E-state index contributed by atoms with van der Waals surface area (Å²) in [4.78, 5) is 17.7. The zero-order valence-electron chi connectivity index (χ0n) is 14.5. The highest BCUT2D eigenvalue weighted by Gasteiger charge is 2.26. The zero-order valence-corrected chi connectivity index (χ0v) is 14.5. The SMILES string of the molecule is O=C(O)c1cccc(N2C=C(Nc3cc(C4CC4)[nH]n3)n3ccnc3C2)c1. The van der Waals surface area contributed by atoms with E-state index in [1.54, 1.807) is 24.4 Å². The van der Waals surface area contributed by atoms with Gasteiger partial charge < -0.3 is 15.3 Å². The van der Waals surface area contributed by atoms with Crippen molar-refractivity contribution in [2.45, 2.75) is 25.3 Å². The number of carboxylic acid groups (broad SMARTS) is 1. The molecule has 0 bridgehead atoms. The predicted octanol–water partition coefficient (Wildman–Crippen LogP) is 3.07. The van der Waals surface area contributed by atoms with Crippen LogP contribution in [0.4, 0.5) is 11.5 Å². The molecule has 0 saturated heterocycles. The molecule has 0 radical (unpaired) electrons. The van der Waals surface area contributed by atoms with E-state index in [1.165, 1.54) is 12.8 Å². The third-order valence-corrected chi connectivity index (χ3v) is 4.86. The number of H-pyrrole nitrogens is 1. The van der Waals surface area contributed by atoms with Crippen LogP contribution in [-0.2, 0) is 6.54 Å². The van der Waals surface area contributed by atoms with Gasteiger partial charge in [0, 0.05) is 42.0 Å². The molecule has 0 spiro atoms. The van der Waals surface area contributed by atoms with Crippen LogP contribution in [0.3, 0.4) is 0 Å². The van der Waals surface area contributed by atoms with E-state index in [0.29, 0.717) is 12.5 Å². The molecule has 2 aromatic heterocycles. The summed E-state index contributed by atoms with van der Waals surface area (Å²) in [5.74, 6) is 2.08. The first-order valence-electron chi connectivity index (χ1n) is 8.84. The molecular weight excluding hydrogens is 344 g/mol. The smallest absolute Gasteiger partial charge is 0.335 e. The second-order valence-electron chi connectivity index (χ2n) is 6.82. The molecule has 2 aliphatic rings. The number of carboxylic acids is 1. The Balaban J connectivity index is 1.47. The van der Waals surface area contributed by atoms with Crippen molar-refractivity contribution in [3.63, 3.8) is 0 Å². The number of hydrogen-bond donors (Lipinski definition) is 3. The summed E-state index contributed by atoms with van der Waals surface area (Å²) in [5, 5.41) is 20.1. The first kappa shape index (κ1) is 15.7. The number of aromatic amines is 1. The van der Waals surface area contributed by atoms with Crippen LogP contribution in [0, 0.1) is 0 Å². The van der Waals surface area contributed by atoms with E-state index in [9.17, 15) is 9.90 Å². The lowest BCUT2D eigenvalue weighted by Gasteiger charge is -2.28. The quantitative estimate of drug-likeness (QED) is 0.645.